The van der Waals surface area contributed by atoms with E-state index in [9.17, 15) is 0 Å². The van der Waals surface area contributed by atoms with Gasteiger partial charge >= 0.3 is 0 Å². The topological polar surface area (TPSA) is 22.4 Å². The second-order valence-corrected chi connectivity index (χ2v) is 2.91. The molecule has 2 aromatic rings. The molecule has 0 unspecified atom stereocenters. The summed E-state index contributed by atoms with van der Waals surface area (Å²) < 4.78 is 10.8. The van der Waals surface area contributed by atoms with E-state index in [2.05, 4.69) is 0 Å². The van der Waals surface area contributed by atoms with Crippen molar-refractivity contribution in [3.63, 3.8) is 0 Å². The van der Waals surface area contributed by atoms with Crippen molar-refractivity contribution in [2.75, 3.05) is 6.61 Å². The number of ether oxygens (including phenoxy) is 1. The van der Waals surface area contributed by atoms with Gasteiger partial charge in [-0.05, 0) is 31.2 Å². The van der Waals surface area contributed by atoms with Gasteiger partial charge in [0.05, 0.1) is 18.4 Å². The second kappa shape index (κ2) is 4.01. The van der Waals surface area contributed by atoms with Gasteiger partial charge in [-0.15, -0.1) is 0 Å². The van der Waals surface area contributed by atoms with Gasteiger partial charge in [-0.25, -0.2) is 0 Å². The zero-order valence-corrected chi connectivity index (χ0v) is 8.07. The third-order valence-corrected chi connectivity index (χ3v) is 1.97. The molecule has 2 heteroatoms. The van der Waals surface area contributed by atoms with Crippen LogP contribution >= 0.6 is 0 Å². The highest BCUT2D eigenvalue weighted by atomic mass is 16.5. The molecule has 72 valence electrons. The van der Waals surface area contributed by atoms with E-state index in [-0.39, 0.29) is 0 Å². The molecule has 1 heterocycles. The predicted octanol–water partition coefficient (Wildman–Crippen LogP) is 3.35. The van der Waals surface area contributed by atoms with Crippen LogP contribution in [0.1, 0.15) is 6.92 Å². The molecule has 0 spiro atoms. The standard InChI is InChI=1S/C12H12O2/c1-2-13-11-7-4-3-6-10(11)12-8-5-9-14-12/h3-9H,2H2,1H3. The van der Waals surface area contributed by atoms with E-state index in [1.807, 2.05) is 43.3 Å². The van der Waals surface area contributed by atoms with Gasteiger partial charge < -0.3 is 9.15 Å². The summed E-state index contributed by atoms with van der Waals surface area (Å²) in [6.07, 6.45) is 1.66. The Balaban J connectivity index is 2.42. The van der Waals surface area contributed by atoms with Crippen LogP contribution in [0.2, 0.25) is 0 Å². The van der Waals surface area contributed by atoms with Crippen LogP contribution < -0.4 is 4.74 Å². The van der Waals surface area contributed by atoms with Crippen LogP contribution in [-0.2, 0) is 0 Å². The Labute approximate surface area is 83.1 Å². The molecule has 0 atom stereocenters. The summed E-state index contributed by atoms with van der Waals surface area (Å²) in [6, 6.07) is 11.7. The molecule has 0 aliphatic heterocycles. The molecular weight excluding hydrogens is 176 g/mol. The maximum Gasteiger partial charge on any atom is 0.137 e. The summed E-state index contributed by atoms with van der Waals surface area (Å²) in [6.45, 7) is 2.64. The molecular formula is C12H12O2. The van der Waals surface area contributed by atoms with Gasteiger partial charge in [0.1, 0.15) is 11.5 Å². The number of hydrogen-bond acceptors (Lipinski definition) is 2. The summed E-state index contributed by atoms with van der Waals surface area (Å²) in [5.74, 6) is 1.71. The van der Waals surface area contributed by atoms with Crippen LogP contribution in [0, 0.1) is 0 Å². The van der Waals surface area contributed by atoms with Gasteiger partial charge in [0.2, 0.25) is 0 Å². The van der Waals surface area contributed by atoms with Crippen molar-refractivity contribution in [2.45, 2.75) is 6.92 Å². The maximum absolute atomic E-state index is 5.50. The van der Waals surface area contributed by atoms with Crippen LogP contribution in [-0.4, -0.2) is 6.61 Å². The van der Waals surface area contributed by atoms with Crippen LogP contribution in [0.3, 0.4) is 0 Å². The Morgan fingerprint density at radius 1 is 1.14 bits per heavy atom. The Morgan fingerprint density at radius 2 is 2.00 bits per heavy atom. The summed E-state index contributed by atoms with van der Waals surface area (Å²) >= 11 is 0. The maximum atomic E-state index is 5.50. The minimum atomic E-state index is 0.664. The summed E-state index contributed by atoms with van der Waals surface area (Å²) in [4.78, 5) is 0. The lowest BCUT2D eigenvalue weighted by Crippen LogP contribution is -1.92. The summed E-state index contributed by atoms with van der Waals surface area (Å²) in [7, 11) is 0. The van der Waals surface area contributed by atoms with Crippen LogP contribution in [0.4, 0.5) is 0 Å². The molecule has 1 aromatic carbocycles. The average Bonchev–Trinajstić information content (AvgIpc) is 2.72. The third kappa shape index (κ3) is 1.64. The van der Waals surface area contributed by atoms with Crippen LogP contribution in [0.5, 0.6) is 5.75 Å². The Bertz CT molecular complexity index is 390. The highest BCUT2D eigenvalue weighted by Crippen LogP contribution is 2.29. The lowest BCUT2D eigenvalue weighted by atomic mass is 10.1. The van der Waals surface area contributed by atoms with Gasteiger partial charge in [-0.2, -0.15) is 0 Å². The molecule has 14 heavy (non-hydrogen) atoms. The molecule has 0 aliphatic carbocycles. The minimum Gasteiger partial charge on any atom is -0.493 e. The average molecular weight is 188 g/mol. The Morgan fingerprint density at radius 3 is 2.71 bits per heavy atom. The summed E-state index contributed by atoms with van der Waals surface area (Å²) in [5, 5.41) is 0. The quantitative estimate of drug-likeness (QED) is 0.737. The van der Waals surface area contributed by atoms with Crippen LogP contribution in [0.25, 0.3) is 11.3 Å². The van der Waals surface area contributed by atoms with E-state index < -0.39 is 0 Å². The fraction of sp³-hybridized carbons (Fsp3) is 0.167. The molecule has 1 aromatic heterocycles. The third-order valence-electron chi connectivity index (χ3n) is 1.97. The summed E-state index contributed by atoms with van der Waals surface area (Å²) in [5.41, 5.74) is 0.999. The van der Waals surface area contributed by atoms with Crippen molar-refractivity contribution in [2.24, 2.45) is 0 Å². The first-order valence-corrected chi connectivity index (χ1v) is 4.67. The van der Waals surface area contributed by atoms with Crippen LogP contribution in [0.15, 0.2) is 47.1 Å². The van der Waals surface area contributed by atoms with E-state index in [1.165, 1.54) is 0 Å². The van der Waals surface area contributed by atoms with Crippen molar-refractivity contribution in [1.29, 1.82) is 0 Å². The molecule has 0 radical (unpaired) electrons. The van der Waals surface area contributed by atoms with Crippen molar-refractivity contribution >= 4 is 0 Å². The first-order valence-electron chi connectivity index (χ1n) is 4.67. The van der Waals surface area contributed by atoms with Crippen molar-refractivity contribution in [3.8, 4) is 17.1 Å². The highest BCUT2D eigenvalue weighted by molar-refractivity contribution is 5.65. The molecule has 0 bridgehead atoms. The predicted molar refractivity (Wildman–Crippen MR) is 55.3 cm³/mol. The molecule has 0 saturated heterocycles. The van der Waals surface area contributed by atoms with E-state index >= 15 is 0 Å². The first kappa shape index (κ1) is 8.88. The smallest absolute Gasteiger partial charge is 0.137 e. The van der Waals surface area contributed by atoms with Gasteiger partial charge in [0.15, 0.2) is 0 Å². The molecule has 2 rings (SSSR count). The van der Waals surface area contributed by atoms with Gasteiger partial charge in [-0.3, -0.25) is 0 Å². The highest BCUT2D eigenvalue weighted by Gasteiger charge is 2.06. The fourth-order valence-corrected chi connectivity index (χ4v) is 1.38. The number of hydrogen-bond donors (Lipinski definition) is 0. The first-order chi connectivity index (χ1) is 6.92. The molecule has 0 N–H and O–H groups in total. The molecule has 2 nitrogen and oxygen atoms in total. The van der Waals surface area contributed by atoms with Gasteiger partial charge in [-0.1, -0.05) is 12.1 Å². The second-order valence-electron chi connectivity index (χ2n) is 2.91. The van der Waals surface area contributed by atoms with Gasteiger partial charge in [0, 0.05) is 0 Å². The van der Waals surface area contributed by atoms with E-state index in [1.54, 1.807) is 6.26 Å². The number of rotatable bonds is 3. The zero-order valence-electron chi connectivity index (χ0n) is 8.07. The SMILES string of the molecule is CCOc1ccccc1-c1ccco1. The molecule has 0 aliphatic rings. The largest absolute Gasteiger partial charge is 0.493 e. The van der Waals surface area contributed by atoms with E-state index in [4.69, 9.17) is 9.15 Å². The fourth-order valence-electron chi connectivity index (χ4n) is 1.38. The minimum absolute atomic E-state index is 0.664. The lowest BCUT2D eigenvalue weighted by Gasteiger charge is -2.07. The van der Waals surface area contributed by atoms with E-state index in [0.29, 0.717) is 6.61 Å². The van der Waals surface area contributed by atoms with E-state index in [0.717, 1.165) is 17.1 Å². The Kier molecular flexibility index (Phi) is 2.54. The zero-order chi connectivity index (χ0) is 9.80. The molecule has 0 amide bonds. The van der Waals surface area contributed by atoms with Gasteiger partial charge in [0.25, 0.3) is 0 Å². The monoisotopic (exact) mass is 188 g/mol. The Hall–Kier alpha value is -1.70. The van der Waals surface area contributed by atoms with Crippen molar-refractivity contribution in [1.82, 2.24) is 0 Å². The number of furan rings is 1. The van der Waals surface area contributed by atoms with Crippen molar-refractivity contribution in [3.05, 3.63) is 42.7 Å². The molecule has 0 saturated carbocycles. The molecule has 0 fully saturated rings. The van der Waals surface area contributed by atoms with Crippen molar-refractivity contribution < 1.29 is 9.15 Å². The normalized spacial score (nSPS) is 10.1. The number of benzene rings is 1. The number of para-hydroxylation sites is 1. The lowest BCUT2D eigenvalue weighted by molar-refractivity contribution is 0.340.